The molecule has 2 aromatic heterocycles. The van der Waals surface area contributed by atoms with Crippen molar-refractivity contribution >= 4 is 37.4 Å². The number of rotatable bonds is 2. The molecule has 136 valence electrons. The lowest BCUT2D eigenvalue weighted by Crippen LogP contribution is -2.43. The van der Waals surface area contributed by atoms with E-state index in [1.807, 2.05) is 36.1 Å². The topological polar surface area (TPSA) is 55.2 Å². The number of benzene rings is 1. The SMILES string of the molecule is Cc1nn([C@H](C)C(=O)N2CCC(C)CC2)c(=O)c2c1sc1ccccc12. The summed E-state index contributed by atoms with van der Waals surface area (Å²) in [6.45, 7) is 7.45. The third-order valence-electron chi connectivity index (χ3n) is 5.42. The van der Waals surface area contributed by atoms with Gasteiger partial charge in [0.1, 0.15) is 6.04 Å². The van der Waals surface area contributed by atoms with Crippen molar-refractivity contribution in [3.05, 3.63) is 40.3 Å². The van der Waals surface area contributed by atoms with Gasteiger partial charge < -0.3 is 4.90 Å². The number of aryl methyl sites for hydroxylation is 1. The van der Waals surface area contributed by atoms with Crippen molar-refractivity contribution in [1.82, 2.24) is 14.7 Å². The fourth-order valence-electron chi connectivity index (χ4n) is 3.74. The van der Waals surface area contributed by atoms with Gasteiger partial charge in [-0.15, -0.1) is 11.3 Å². The molecule has 1 saturated heterocycles. The third-order valence-corrected chi connectivity index (χ3v) is 6.70. The number of hydrogen-bond donors (Lipinski definition) is 0. The second-order valence-electron chi connectivity index (χ2n) is 7.32. The van der Waals surface area contributed by atoms with Crippen LogP contribution >= 0.6 is 11.3 Å². The summed E-state index contributed by atoms with van der Waals surface area (Å²) in [5.74, 6) is 0.649. The fourth-order valence-corrected chi connectivity index (χ4v) is 4.87. The maximum atomic E-state index is 13.2. The van der Waals surface area contributed by atoms with E-state index < -0.39 is 6.04 Å². The Bertz CT molecular complexity index is 1040. The number of carbonyl (C=O) groups is 1. The summed E-state index contributed by atoms with van der Waals surface area (Å²) in [5.41, 5.74) is 0.627. The maximum Gasteiger partial charge on any atom is 0.276 e. The number of aromatic nitrogens is 2. The molecular weight excluding hydrogens is 346 g/mol. The fraction of sp³-hybridized carbons (Fsp3) is 0.450. The van der Waals surface area contributed by atoms with E-state index in [4.69, 9.17) is 0 Å². The zero-order valence-corrected chi connectivity index (χ0v) is 16.2. The van der Waals surface area contributed by atoms with E-state index in [-0.39, 0.29) is 11.5 Å². The summed E-state index contributed by atoms with van der Waals surface area (Å²) in [5, 5.41) is 6.13. The van der Waals surface area contributed by atoms with Crippen molar-refractivity contribution < 1.29 is 4.79 Å². The van der Waals surface area contributed by atoms with E-state index in [1.165, 1.54) is 4.68 Å². The highest BCUT2D eigenvalue weighted by atomic mass is 32.1. The smallest absolute Gasteiger partial charge is 0.276 e. The normalized spacial score (nSPS) is 17.1. The number of likely N-dealkylation sites (tertiary alicyclic amines) is 1. The van der Waals surface area contributed by atoms with Crippen LogP contribution in [0.1, 0.15) is 38.4 Å². The largest absolute Gasteiger partial charge is 0.341 e. The Hall–Kier alpha value is -2.21. The maximum absolute atomic E-state index is 13.2. The van der Waals surface area contributed by atoms with Crippen LogP contribution in [0.15, 0.2) is 29.1 Å². The molecule has 1 aliphatic heterocycles. The van der Waals surface area contributed by atoms with Crippen molar-refractivity contribution in [2.24, 2.45) is 5.92 Å². The highest BCUT2D eigenvalue weighted by molar-refractivity contribution is 7.26. The van der Waals surface area contributed by atoms with Crippen LogP contribution in [-0.2, 0) is 4.79 Å². The van der Waals surface area contributed by atoms with E-state index in [0.717, 1.165) is 46.4 Å². The Morgan fingerprint density at radius 2 is 1.96 bits per heavy atom. The van der Waals surface area contributed by atoms with Gasteiger partial charge in [-0.25, -0.2) is 4.68 Å². The first kappa shape index (κ1) is 17.2. The minimum Gasteiger partial charge on any atom is -0.341 e. The number of hydrogen-bond acceptors (Lipinski definition) is 4. The lowest BCUT2D eigenvalue weighted by atomic mass is 9.99. The van der Waals surface area contributed by atoms with Gasteiger partial charge in [0.15, 0.2) is 0 Å². The number of amides is 1. The number of carbonyl (C=O) groups excluding carboxylic acids is 1. The van der Waals surface area contributed by atoms with Gasteiger partial charge in [0.2, 0.25) is 5.91 Å². The van der Waals surface area contributed by atoms with Gasteiger partial charge in [-0.2, -0.15) is 5.10 Å². The standard InChI is InChI=1S/C20H23N3O2S/c1-12-8-10-22(11-9-12)19(24)14(3)23-20(25)17-15-6-4-5-7-16(15)26-18(17)13(2)21-23/h4-7,12,14H,8-11H2,1-3H3/t14-/m1/s1. The Kier molecular flexibility index (Phi) is 4.31. The minimum absolute atomic E-state index is 0.00946. The molecule has 1 amide bonds. The number of thiophene rings is 1. The molecule has 1 atom stereocenters. The van der Waals surface area contributed by atoms with Gasteiger partial charge in [-0.05, 0) is 38.7 Å². The predicted octanol–water partition coefficient (Wildman–Crippen LogP) is 3.74. The zero-order chi connectivity index (χ0) is 18.4. The molecule has 4 rings (SSSR count). The van der Waals surface area contributed by atoms with Crippen LogP contribution in [0.4, 0.5) is 0 Å². The Balaban J connectivity index is 1.79. The van der Waals surface area contributed by atoms with Crippen LogP contribution in [0.3, 0.4) is 0 Å². The van der Waals surface area contributed by atoms with Gasteiger partial charge in [0.05, 0.1) is 15.8 Å². The van der Waals surface area contributed by atoms with Crippen molar-refractivity contribution in [1.29, 1.82) is 0 Å². The molecule has 3 heterocycles. The molecule has 3 aromatic rings. The van der Waals surface area contributed by atoms with Crippen LogP contribution in [0.2, 0.25) is 0 Å². The first-order chi connectivity index (χ1) is 12.5. The second-order valence-corrected chi connectivity index (χ2v) is 8.37. The molecule has 0 N–H and O–H groups in total. The zero-order valence-electron chi connectivity index (χ0n) is 15.4. The van der Waals surface area contributed by atoms with Gasteiger partial charge in [0.25, 0.3) is 5.56 Å². The monoisotopic (exact) mass is 369 g/mol. The second kappa shape index (κ2) is 6.50. The quantitative estimate of drug-likeness (QED) is 0.691. The average molecular weight is 369 g/mol. The number of fused-ring (bicyclic) bond motifs is 3. The Labute approximate surface area is 156 Å². The molecule has 1 fully saturated rings. The minimum atomic E-state index is -0.585. The molecule has 6 heteroatoms. The van der Waals surface area contributed by atoms with E-state index >= 15 is 0 Å². The molecule has 0 aliphatic carbocycles. The van der Waals surface area contributed by atoms with Crippen LogP contribution in [0, 0.1) is 12.8 Å². The van der Waals surface area contributed by atoms with E-state index in [2.05, 4.69) is 12.0 Å². The highest BCUT2D eigenvalue weighted by Crippen LogP contribution is 2.33. The molecule has 5 nitrogen and oxygen atoms in total. The van der Waals surface area contributed by atoms with E-state index in [9.17, 15) is 9.59 Å². The van der Waals surface area contributed by atoms with Gasteiger partial charge in [-0.1, -0.05) is 25.1 Å². The summed E-state index contributed by atoms with van der Waals surface area (Å²) >= 11 is 1.59. The summed E-state index contributed by atoms with van der Waals surface area (Å²) in [7, 11) is 0. The summed E-state index contributed by atoms with van der Waals surface area (Å²) < 4.78 is 3.38. The molecule has 0 spiro atoms. The van der Waals surface area contributed by atoms with Crippen molar-refractivity contribution in [2.75, 3.05) is 13.1 Å². The molecule has 0 unspecified atom stereocenters. The predicted molar refractivity (Wildman–Crippen MR) is 106 cm³/mol. The molecule has 1 aliphatic rings. The van der Waals surface area contributed by atoms with Gasteiger partial charge >= 0.3 is 0 Å². The van der Waals surface area contributed by atoms with Crippen LogP contribution < -0.4 is 5.56 Å². The summed E-state index contributed by atoms with van der Waals surface area (Å²) in [4.78, 5) is 28.0. The molecule has 26 heavy (non-hydrogen) atoms. The van der Waals surface area contributed by atoms with Gasteiger partial charge in [-0.3, -0.25) is 9.59 Å². The van der Waals surface area contributed by atoms with Crippen molar-refractivity contribution in [2.45, 2.75) is 39.7 Å². The first-order valence-corrected chi connectivity index (χ1v) is 9.98. The van der Waals surface area contributed by atoms with Crippen LogP contribution in [0.5, 0.6) is 0 Å². The number of piperidine rings is 1. The van der Waals surface area contributed by atoms with Crippen molar-refractivity contribution in [3.8, 4) is 0 Å². The van der Waals surface area contributed by atoms with Crippen LogP contribution in [0.25, 0.3) is 20.2 Å². The third kappa shape index (κ3) is 2.72. The first-order valence-electron chi connectivity index (χ1n) is 9.17. The summed E-state index contributed by atoms with van der Waals surface area (Å²) in [6.07, 6.45) is 2.04. The lowest BCUT2D eigenvalue weighted by molar-refractivity contribution is -0.136. The molecule has 0 saturated carbocycles. The Morgan fingerprint density at radius 3 is 2.69 bits per heavy atom. The van der Waals surface area contributed by atoms with Crippen molar-refractivity contribution in [3.63, 3.8) is 0 Å². The van der Waals surface area contributed by atoms with Gasteiger partial charge in [0, 0.05) is 23.2 Å². The number of nitrogens with zero attached hydrogens (tertiary/aromatic N) is 3. The average Bonchev–Trinajstić information content (AvgIpc) is 3.04. The highest BCUT2D eigenvalue weighted by Gasteiger charge is 2.28. The lowest BCUT2D eigenvalue weighted by Gasteiger charge is -2.32. The van der Waals surface area contributed by atoms with Crippen LogP contribution in [-0.4, -0.2) is 33.7 Å². The molecule has 0 radical (unpaired) electrons. The molecular formula is C20H23N3O2S. The molecule has 1 aromatic carbocycles. The van der Waals surface area contributed by atoms with E-state index in [1.54, 1.807) is 18.3 Å². The Morgan fingerprint density at radius 1 is 1.27 bits per heavy atom. The molecule has 0 bridgehead atoms. The summed E-state index contributed by atoms with van der Waals surface area (Å²) in [6, 6.07) is 7.32. The van der Waals surface area contributed by atoms with E-state index in [0.29, 0.717) is 11.3 Å².